The van der Waals surface area contributed by atoms with Gasteiger partial charge >= 0.3 is 0 Å². The second kappa shape index (κ2) is 19.9. The number of rotatable bonds is 22. The molecule has 0 fully saturated rings. The molecule has 0 saturated heterocycles. The predicted octanol–water partition coefficient (Wildman–Crippen LogP) is 9.51. The van der Waals surface area contributed by atoms with Crippen LogP contribution in [0.2, 0.25) is 18.1 Å². The molecule has 0 N–H and O–H groups in total. The smallest absolute Gasteiger partial charge is 0.192 e. The molecule has 0 aliphatic carbocycles. The van der Waals surface area contributed by atoms with E-state index in [0.717, 1.165) is 41.1 Å². The van der Waals surface area contributed by atoms with Gasteiger partial charge in [0.25, 0.3) is 0 Å². The first-order valence-electron chi connectivity index (χ1n) is 17.3. The van der Waals surface area contributed by atoms with Crippen molar-refractivity contribution >= 4 is 14.6 Å². The van der Waals surface area contributed by atoms with Crippen molar-refractivity contribution in [3.63, 3.8) is 0 Å². The first kappa shape index (κ1) is 37.8. The highest BCUT2D eigenvalue weighted by Gasteiger charge is 2.42. The molecule has 3 aromatic rings. The van der Waals surface area contributed by atoms with Crippen LogP contribution in [0.15, 0.2) is 91.0 Å². The molecule has 0 aromatic heterocycles. The normalized spacial score (nSPS) is 16.6. The minimum Gasteiger partial charge on any atom is -0.413 e. The lowest BCUT2D eigenvalue weighted by Gasteiger charge is -2.43. The van der Waals surface area contributed by atoms with Crippen LogP contribution >= 0.6 is 0 Å². The molecule has 0 aliphatic heterocycles. The predicted molar refractivity (Wildman–Crippen MR) is 191 cm³/mol. The molecule has 0 radical (unpaired) electrons. The monoisotopic (exact) mass is 646 g/mol. The van der Waals surface area contributed by atoms with Crippen LogP contribution in [0.5, 0.6) is 0 Å². The molecule has 0 spiro atoms. The third kappa shape index (κ3) is 11.3. The Morgan fingerprint density at radius 1 is 0.587 bits per heavy atom. The topological polar surface area (TPSA) is 54.0 Å². The maximum absolute atomic E-state index is 12.4. The number of carbonyl (C=O) groups is 1. The van der Waals surface area contributed by atoms with Crippen LogP contribution in [-0.4, -0.2) is 39.5 Å². The Morgan fingerprint density at radius 3 is 1.43 bits per heavy atom. The van der Waals surface area contributed by atoms with Crippen molar-refractivity contribution in [1.82, 2.24) is 0 Å². The molecule has 0 saturated carbocycles. The van der Waals surface area contributed by atoms with Gasteiger partial charge < -0.3 is 23.4 Å². The van der Waals surface area contributed by atoms with Gasteiger partial charge in [-0.1, -0.05) is 139 Å². The highest BCUT2D eigenvalue weighted by atomic mass is 28.4. The van der Waals surface area contributed by atoms with Crippen molar-refractivity contribution in [2.24, 2.45) is 23.7 Å². The number of hydrogen-bond acceptors (Lipinski definition) is 5. The van der Waals surface area contributed by atoms with E-state index in [2.05, 4.69) is 77.9 Å². The molecule has 6 heteroatoms. The summed E-state index contributed by atoms with van der Waals surface area (Å²) < 4.78 is 27.1. The molecule has 7 atom stereocenters. The van der Waals surface area contributed by atoms with Gasteiger partial charge in [0.2, 0.25) is 0 Å². The fourth-order valence-electron chi connectivity index (χ4n) is 6.62. The summed E-state index contributed by atoms with van der Waals surface area (Å²) in [5.74, 6) is -0.216. The highest BCUT2D eigenvalue weighted by molar-refractivity contribution is 6.73. The zero-order valence-corrected chi connectivity index (χ0v) is 30.3. The van der Waals surface area contributed by atoms with Gasteiger partial charge in [0, 0.05) is 23.7 Å². The van der Waals surface area contributed by atoms with E-state index >= 15 is 0 Å². The van der Waals surface area contributed by atoms with Crippen LogP contribution in [0.4, 0.5) is 0 Å². The Labute approximate surface area is 280 Å². The lowest BCUT2D eigenvalue weighted by Crippen LogP contribution is -2.51. The standard InChI is InChI=1S/C40H58O5Si/c1-8-46(9-2,10-3)45-39(31(4)26-41)34(7)40(44-30-37-24-18-13-19-25-37)33(6)38(43-29-36-22-16-12-17-23-36)32(5)27-42-28-35-20-14-11-15-21-35/h11-26,31-34,38-40H,8-10,27-30H2,1-7H3/t31-,32-,33-,34+,38-,39-,40-/m0/s1. The average molecular weight is 647 g/mol. The Kier molecular flexibility index (Phi) is 16.4. The van der Waals surface area contributed by atoms with Crippen LogP contribution in [0, 0.1) is 23.7 Å². The Hall–Kier alpha value is -2.61. The summed E-state index contributed by atoms with van der Waals surface area (Å²) >= 11 is 0. The van der Waals surface area contributed by atoms with Gasteiger partial charge in [-0.3, -0.25) is 0 Å². The second-order valence-electron chi connectivity index (χ2n) is 13.0. The van der Waals surface area contributed by atoms with Gasteiger partial charge in [-0.05, 0) is 34.8 Å². The molecular weight excluding hydrogens is 589 g/mol. The zero-order chi connectivity index (χ0) is 33.4. The largest absolute Gasteiger partial charge is 0.413 e. The summed E-state index contributed by atoms with van der Waals surface area (Å²) in [5.41, 5.74) is 3.40. The molecule has 3 rings (SSSR count). The van der Waals surface area contributed by atoms with E-state index in [1.807, 2.05) is 61.5 Å². The van der Waals surface area contributed by atoms with Crippen LogP contribution in [0.3, 0.4) is 0 Å². The number of aldehydes is 1. The van der Waals surface area contributed by atoms with Crippen molar-refractivity contribution in [1.29, 1.82) is 0 Å². The second-order valence-corrected chi connectivity index (χ2v) is 17.8. The lowest BCUT2D eigenvalue weighted by atomic mass is 9.79. The van der Waals surface area contributed by atoms with E-state index in [4.69, 9.17) is 18.6 Å². The summed E-state index contributed by atoms with van der Waals surface area (Å²) in [4.78, 5) is 12.4. The van der Waals surface area contributed by atoms with Crippen molar-refractivity contribution < 1.29 is 23.4 Å². The first-order chi connectivity index (χ1) is 22.3. The number of ether oxygens (including phenoxy) is 3. The summed E-state index contributed by atoms with van der Waals surface area (Å²) in [6, 6.07) is 34.0. The van der Waals surface area contributed by atoms with Gasteiger partial charge in [-0.25, -0.2) is 0 Å². The third-order valence-corrected chi connectivity index (χ3v) is 14.4. The Morgan fingerprint density at radius 2 is 1.00 bits per heavy atom. The molecule has 0 unspecified atom stereocenters. The number of carbonyl (C=O) groups excluding carboxylic acids is 1. The van der Waals surface area contributed by atoms with E-state index in [9.17, 15) is 4.79 Å². The molecule has 46 heavy (non-hydrogen) atoms. The molecule has 0 amide bonds. The van der Waals surface area contributed by atoms with Crippen LogP contribution in [0.25, 0.3) is 0 Å². The minimum atomic E-state index is -2.01. The van der Waals surface area contributed by atoms with E-state index in [-0.39, 0.29) is 42.0 Å². The summed E-state index contributed by atoms with van der Waals surface area (Å²) in [6.07, 6.45) is 0.440. The quantitative estimate of drug-likeness (QED) is 0.0804. The fourth-order valence-corrected chi connectivity index (χ4v) is 9.62. The molecule has 0 bridgehead atoms. The average Bonchev–Trinajstić information content (AvgIpc) is 3.10. The van der Waals surface area contributed by atoms with E-state index in [1.165, 1.54) is 0 Å². The fraction of sp³-hybridized carbons (Fsp3) is 0.525. The summed E-state index contributed by atoms with van der Waals surface area (Å²) in [7, 11) is -2.01. The van der Waals surface area contributed by atoms with Crippen molar-refractivity contribution in [2.45, 2.75) is 105 Å². The number of benzene rings is 3. The molecule has 252 valence electrons. The van der Waals surface area contributed by atoms with Crippen molar-refractivity contribution in [3.8, 4) is 0 Å². The molecule has 0 aliphatic rings. The van der Waals surface area contributed by atoms with Crippen LogP contribution in [-0.2, 0) is 43.3 Å². The summed E-state index contributed by atoms with van der Waals surface area (Å²) in [6.45, 7) is 17.5. The van der Waals surface area contributed by atoms with E-state index in [0.29, 0.717) is 26.4 Å². The van der Waals surface area contributed by atoms with Crippen LogP contribution in [0.1, 0.15) is 65.2 Å². The van der Waals surface area contributed by atoms with Crippen LogP contribution < -0.4 is 0 Å². The lowest BCUT2D eigenvalue weighted by molar-refractivity contribution is -0.135. The molecule has 5 nitrogen and oxygen atoms in total. The summed E-state index contributed by atoms with van der Waals surface area (Å²) in [5, 5.41) is 0. The van der Waals surface area contributed by atoms with Gasteiger partial charge in [-0.2, -0.15) is 0 Å². The van der Waals surface area contributed by atoms with Gasteiger partial charge in [-0.15, -0.1) is 0 Å². The van der Waals surface area contributed by atoms with Gasteiger partial charge in [0.05, 0.1) is 44.7 Å². The SMILES string of the molecule is CC[Si](CC)(CC)O[C@H]([C@@H](C)[C@@H](OCc1ccccc1)[C@@H](C)[C@@H](OCc1ccccc1)[C@@H](C)COCc1ccccc1)[C@@H](C)C=O. The zero-order valence-electron chi connectivity index (χ0n) is 29.3. The Balaban J connectivity index is 1.93. The molecular formula is C40H58O5Si. The van der Waals surface area contributed by atoms with Crippen molar-refractivity contribution in [3.05, 3.63) is 108 Å². The minimum absolute atomic E-state index is 0.0105. The van der Waals surface area contributed by atoms with Gasteiger partial charge in [0.15, 0.2) is 8.32 Å². The van der Waals surface area contributed by atoms with E-state index in [1.54, 1.807) is 0 Å². The number of hydrogen-bond donors (Lipinski definition) is 0. The maximum Gasteiger partial charge on any atom is 0.192 e. The Bertz CT molecular complexity index is 1210. The third-order valence-electron chi connectivity index (χ3n) is 9.75. The van der Waals surface area contributed by atoms with Crippen molar-refractivity contribution in [2.75, 3.05) is 6.61 Å². The highest BCUT2D eigenvalue weighted by Crippen LogP contribution is 2.35. The molecule has 3 aromatic carbocycles. The molecule has 0 heterocycles. The first-order valence-corrected chi connectivity index (χ1v) is 19.9. The van der Waals surface area contributed by atoms with Gasteiger partial charge in [0.1, 0.15) is 6.29 Å². The van der Waals surface area contributed by atoms with E-state index < -0.39 is 8.32 Å². The maximum atomic E-state index is 12.4.